The van der Waals surface area contributed by atoms with Crippen LogP contribution in [0.4, 0.5) is 0 Å². The fraction of sp³-hybridized carbons (Fsp3) is 0. The van der Waals surface area contributed by atoms with Gasteiger partial charge in [-0.05, 0) is 102 Å². The van der Waals surface area contributed by atoms with Crippen LogP contribution in [0.25, 0.3) is 119 Å². The predicted molar refractivity (Wildman–Crippen MR) is 225 cm³/mol. The summed E-state index contributed by atoms with van der Waals surface area (Å²) in [6.07, 6.45) is 1.84. The summed E-state index contributed by atoms with van der Waals surface area (Å²) in [5.74, 6) is 0. The van der Waals surface area contributed by atoms with Gasteiger partial charge in [0, 0.05) is 31.6 Å². The number of hydrogen-bond acceptors (Lipinski definition) is 3. The summed E-state index contributed by atoms with van der Waals surface area (Å²) in [7, 11) is 0. The highest BCUT2D eigenvalue weighted by molar-refractivity contribution is 7.26. The van der Waals surface area contributed by atoms with Crippen molar-refractivity contribution in [1.82, 2.24) is 0 Å². The van der Waals surface area contributed by atoms with Gasteiger partial charge in [-0.15, -0.1) is 11.3 Å². The third kappa shape index (κ3) is 4.08. The maximum absolute atomic E-state index is 6.73. The van der Waals surface area contributed by atoms with Gasteiger partial charge in [0.15, 0.2) is 5.58 Å². The molecule has 3 heterocycles. The SMILES string of the molecule is c1ccc(-c2ccc3oc4cc(-c5c6ccccc6c(-c6cc7c8ccccc8sc7c7occc67)c6ccccc56)c5ccccc5c4c3c2)cc1. The minimum Gasteiger partial charge on any atom is -0.463 e. The van der Waals surface area contributed by atoms with Crippen molar-refractivity contribution in [3.63, 3.8) is 0 Å². The highest BCUT2D eigenvalue weighted by Gasteiger charge is 2.23. The molecular formula is C50H28O2S. The van der Waals surface area contributed by atoms with Gasteiger partial charge in [-0.2, -0.15) is 0 Å². The van der Waals surface area contributed by atoms with Crippen molar-refractivity contribution < 1.29 is 8.83 Å². The standard InChI is InChI=1S/C50H28O2S/c1-2-12-29(13-3-1)30-22-23-43-42(26-30)48-33-16-5-4-14-31(33)40(28-44(48)52-43)47-36-19-8-6-17-34(36)46(35-18-7-9-20-37(35)47)39-27-41-32-15-10-11-21-45(32)53-50(41)49-38(39)24-25-51-49/h1-28H. The summed E-state index contributed by atoms with van der Waals surface area (Å²) in [4.78, 5) is 0. The lowest BCUT2D eigenvalue weighted by atomic mass is 9.83. The maximum Gasteiger partial charge on any atom is 0.152 e. The second kappa shape index (κ2) is 10.9. The van der Waals surface area contributed by atoms with Gasteiger partial charge in [-0.25, -0.2) is 0 Å². The highest BCUT2D eigenvalue weighted by atomic mass is 32.1. The molecule has 246 valence electrons. The molecule has 0 unspecified atom stereocenters. The van der Waals surface area contributed by atoms with Crippen LogP contribution < -0.4 is 0 Å². The Labute approximate surface area is 307 Å². The molecule has 3 heteroatoms. The molecule has 0 aliphatic carbocycles. The third-order valence-corrected chi connectivity index (χ3v) is 12.3. The highest BCUT2D eigenvalue weighted by Crippen LogP contribution is 2.50. The van der Waals surface area contributed by atoms with Crippen LogP contribution in [0.2, 0.25) is 0 Å². The van der Waals surface area contributed by atoms with E-state index in [0.29, 0.717) is 0 Å². The first-order chi connectivity index (χ1) is 26.3. The van der Waals surface area contributed by atoms with E-state index in [9.17, 15) is 0 Å². The fourth-order valence-electron chi connectivity index (χ4n) is 8.87. The molecule has 0 N–H and O–H groups in total. The topological polar surface area (TPSA) is 26.3 Å². The first-order valence-corrected chi connectivity index (χ1v) is 18.8. The van der Waals surface area contributed by atoms with Crippen molar-refractivity contribution in [1.29, 1.82) is 0 Å². The molecule has 3 aromatic heterocycles. The molecule has 0 fully saturated rings. The Bertz CT molecular complexity index is 3390. The molecule has 0 amide bonds. The van der Waals surface area contributed by atoms with Gasteiger partial charge in [-0.1, -0.05) is 127 Å². The molecular weight excluding hydrogens is 665 g/mol. The monoisotopic (exact) mass is 692 g/mol. The normalized spacial score (nSPS) is 12.2. The Morgan fingerprint density at radius 1 is 0.377 bits per heavy atom. The summed E-state index contributed by atoms with van der Waals surface area (Å²) in [6, 6.07) is 59.3. The quantitative estimate of drug-likeness (QED) is 0.172. The molecule has 0 saturated heterocycles. The van der Waals surface area contributed by atoms with Gasteiger partial charge in [0.05, 0.1) is 11.0 Å². The average Bonchev–Trinajstić information content (AvgIpc) is 3.95. The summed E-state index contributed by atoms with van der Waals surface area (Å²) in [5.41, 5.74) is 9.92. The summed E-state index contributed by atoms with van der Waals surface area (Å²) < 4.78 is 15.5. The second-order valence-corrected chi connectivity index (χ2v) is 15.0. The number of thiophene rings is 1. The van der Waals surface area contributed by atoms with Crippen LogP contribution in [0, 0.1) is 0 Å². The Balaban J connectivity index is 1.19. The maximum atomic E-state index is 6.73. The second-order valence-electron chi connectivity index (χ2n) is 13.9. The molecule has 53 heavy (non-hydrogen) atoms. The summed E-state index contributed by atoms with van der Waals surface area (Å²) >= 11 is 1.81. The number of benzene rings is 9. The number of fused-ring (bicyclic) bond motifs is 12. The molecule has 2 nitrogen and oxygen atoms in total. The minimum atomic E-state index is 0.894. The van der Waals surface area contributed by atoms with Gasteiger partial charge in [0.1, 0.15) is 11.2 Å². The minimum absolute atomic E-state index is 0.894. The van der Waals surface area contributed by atoms with Crippen LogP contribution in [0.15, 0.2) is 179 Å². The molecule has 0 saturated carbocycles. The average molecular weight is 693 g/mol. The van der Waals surface area contributed by atoms with E-state index in [0.717, 1.165) is 32.9 Å². The number of rotatable bonds is 3. The molecule has 12 rings (SSSR count). The van der Waals surface area contributed by atoms with E-state index in [1.165, 1.54) is 85.9 Å². The van der Waals surface area contributed by atoms with E-state index in [1.807, 2.05) is 6.26 Å². The van der Waals surface area contributed by atoms with Crippen molar-refractivity contribution in [2.75, 3.05) is 0 Å². The van der Waals surface area contributed by atoms with E-state index in [4.69, 9.17) is 8.83 Å². The Morgan fingerprint density at radius 2 is 0.981 bits per heavy atom. The van der Waals surface area contributed by atoms with Gasteiger partial charge in [0.2, 0.25) is 0 Å². The lowest BCUT2D eigenvalue weighted by Crippen LogP contribution is -1.92. The van der Waals surface area contributed by atoms with Crippen molar-refractivity contribution in [3.05, 3.63) is 170 Å². The molecule has 0 spiro atoms. The zero-order valence-corrected chi connectivity index (χ0v) is 29.2. The zero-order valence-electron chi connectivity index (χ0n) is 28.4. The zero-order chi connectivity index (χ0) is 34.6. The number of hydrogen-bond donors (Lipinski definition) is 0. The molecule has 0 radical (unpaired) electrons. The molecule has 12 aromatic rings. The van der Waals surface area contributed by atoms with E-state index < -0.39 is 0 Å². The van der Waals surface area contributed by atoms with Gasteiger partial charge in [0.25, 0.3) is 0 Å². The van der Waals surface area contributed by atoms with Crippen molar-refractivity contribution >= 4 is 96.7 Å². The van der Waals surface area contributed by atoms with Crippen LogP contribution >= 0.6 is 11.3 Å². The van der Waals surface area contributed by atoms with E-state index in [2.05, 4.69) is 164 Å². The lowest BCUT2D eigenvalue weighted by molar-refractivity contribution is 0.619. The van der Waals surface area contributed by atoms with Crippen LogP contribution in [-0.2, 0) is 0 Å². The Morgan fingerprint density at radius 3 is 1.70 bits per heavy atom. The predicted octanol–water partition coefficient (Wildman–Crippen LogP) is 15.2. The summed E-state index contributed by atoms with van der Waals surface area (Å²) in [5, 5.41) is 13.2. The van der Waals surface area contributed by atoms with Crippen LogP contribution in [0.1, 0.15) is 0 Å². The van der Waals surface area contributed by atoms with Crippen molar-refractivity contribution in [3.8, 4) is 33.4 Å². The van der Waals surface area contributed by atoms with Crippen LogP contribution in [0.3, 0.4) is 0 Å². The molecule has 0 atom stereocenters. The molecule has 0 aliphatic rings. The Kier molecular flexibility index (Phi) is 5.96. The molecule has 0 aliphatic heterocycles. The van der Waals surface area contributed by atoms with E-state index >= 15 is 0 Å². The lowest BCUT2D eigenvalue weighted by Gasteiger charge is -2.19. The van der Waals surface area contributed by atoms with Crippen LogP contribution in [0.5, 0.6) is 0 Å². The first kappa shape index (κ1) is 29.0. The molecule has 0 bridgehead atoms. The van der Waals surface area contributed by atoms with E-state index in [-0.39, 0.29) is 0 Å². The smallest absolute Gasteiger partial charge is 0.152 e. The summed E-state index contributed by atoms with van der Waals surface area (Å²) in [6.45, 7) is 0. The largest absolute Gasteiger partial charge is 0.463 e. The van der Waals surface area contributed by atoms with Gasteiger partial charge < -0.3 is 8.83 Å². The van der Waals surface area contributed by atoms with Crippen molar-refractivity contribution in [2.45, 2.75) is 0 Å². The Hall–Kier alpha value is -6.68. The fourth-order valence-corrected chi connectivity index (χ4v) is 10.1. The van der Waals surface area contributed by atoms with Gasteiger partial charge >= 0.3 is 0 Å². The van der Waals surface area contributed by atoms with E-state index in [1.54, 1.807) is 11.3 Å². The molecule has 9 aromatic carbocycles. The first-order valence-electron chi connectivity index (χ1n) is 18.0. The van der Waals surface area contributed by atoms with Gasteiger partial charge in [-0.3, -0.25) is 0 Å². The van der Waals surface area contributed by atoms with Crippen LogP contribution in [-0.4, -0.2) is 0 Å². The van der Waals surface area contributed by atoms with Crippen molar-refractivity contribution in [2.24, 2.45) is 0 Å². The third-order valence-electron chi connectivity index (χ3n) is 11.1. The number of furan rings is 2.